The lowest BCUT2D eigenvalue weighted by Crippen LogP contribution is -2.22. The Morgan fingerprint density at radius 1 is 0.938 bits per heavy atom. The second kappa shape index (κ2) is 9.23. The van der Waals surface area contributed by atoms with Gasteiger partial charge in [-0.2, -0.15) is 0 Å². The molecule has 0 radical (unpaired) electrons. The number of nitrogens with zero attached hydrogens (tertiary/aromatic N) is 4. The summed E-state index contributed by atoms with van der Waals surface area (Å²) in [5.41, 5.74) is 2.41. The van der Waals surface area contributed by atoms with Crippen molar-refractivity contribution in [3.05, 3.63) is 90.2 Å². The van der Waals surface area contributed by atoms with E-state index in [9.17, 15) is 12.8 Å². The highest BCUT2D eigenvalue weighted by atomic mass is 32.2. The summed E-state index contributed by atoms with van der Waals surface area (Å²) in [7, 11) is -0.634. The average Bonchev–Trinajstić information content (AvgIpc) is 3.23. The van der Waals surface area contributed by atoms with Crippen LogP contribution < -0.4 is 0 Å². The second-order valence-electron chi connectivity index (χ2n) is 7.21. The van der Waals surface area contributed by atoms with E-state index in [0.29, 0.717) is 28.0 Å². The Morgan fingerprint density at radius 3 is 2.34 bits per heavy atom. The van der Waals surface area contributed by atoms with Gasteiger partial charge < -0.3 is 0 Å². The third kappa shape index (κ3) is 4.59. The van der Waals surface area contributed by atoms with Crippen LogP contribution in [0.4, 0.5) is 4.39 Å². The molecule has 0 aliphatic carbocycles. The van der Waals surface area contributed by atoms with Crippen LogP contribution in [0.5, 0.6) is 0 Å². The quantitative estimate of drug-likeness (QED) is 0.371. The van der Waals surface area contributed by atoms with Gasteiger partial charge in [0.25, 0.3) is 0 Å². The smallest absolute Gasteiger partial charge is 0.242 e. The zero-order valence-corrected chi connectivity index (χ0v) is 19.1. The van der Waals surface area contributed by atoms with E-state index in [1.165, 1.54) is 38.0 Å². The Labute approximate surface area is 190 Å². The number of rotatable bonds is 7. The molecule has 0 saturated heterocycles. The third-order valence-corrected chi connectivity index (χ3v) is 7.61. The zero-order chi connectivity index (χ0) is 22.7. The fourth-order valence-corrected chi connectivity index (χ4v) is 4.96. The fourth-order valence-electron chi connectivity index (χ4n) is 3.10. The first-order chi connectivity index (χ1) is 15.4. The van der Waals surface area contributed by atoms with Gasteiger partial charge >= 0.3 is 0 Å². The van der Waals surface area contributed by atoms with Crippen LogP contribution >= 0.6 is 11.8 Å². The van der Waals surface area contributed by atoms with E-state index < -0.39 is 10.0 Å². The molecule has 9 heteroatoms. The maximum Gasteiger partial charge on any atom is 0.242 e. The molecular weight excluding hydrogens is 447 g/mol. The average molecular weight is 469 g/mol. The highest BCUT2D eigenvalue weighted by Crippen LogP contribution is 2.31. The van der Waals surface area contributed by atoms with Crippen molar-refractivity contribution >= 4 is 21.8 Å². The van der Waals surface area contributed by atoms with E-state index in [-0.39, 0.29) is 10.7 Å². The summed E-state index contributed by atoms with van der Waals surface area (Å²) in [5.74, 6) is 0.804. The number of hydrogen-bond acceptors (Lipinski definition) is 5. The largest absolute Gasteiger partial charge is 0.270 e. The van der Waals surface area contributed by atoms with Crippen molar-refractivity contribution in [3.63, 3.8) is 0 Å². The van der Waals surface area contributed by atoms with Crippen LogP contribution in [0.15, 0.2) is 88.9 Å². The molecule has 4 aromatic rings. The molecule has 0 aliphatic heterocycles. The van der Waals surface area contributed by atoms with Gasteiger partial charge in [-0.15, -0.1) is 10.2 Å². The Hall–Kier alpha value is -3.01. The van der Waals surface area contributed by atoms with Crippen LogP contribution in [0.2, 0.25) is 0 Å². The van der Waals surface area contributed by atoms with Crippen LogP contribution in [-0.2, 0) is 15.8 Å². The van der Waals surface area contributed by atoms with E-state index in [0.717, 1.165) is 9.87 Å². The molecule has 32 heavy (non-hydrogen) atoms. The lowest BCUT2D eigenvalue weighted by molar-refractivity contribution is 0.521. The number of aromatic nitrogens is 3. The molecule has 4 rings (SSSR count). The number of hydrogen-bond donors (Lipinski definition) is 0. The van der Waals surface area contributed by atoms with Gasteiger partial charge in [-0.3, -0.25) is 4.57 Å². The van der Waals surface area contributed by atoms with E-state index in [1.807, 2.05) is 34.9 Å². The topological polar surface area (TPSA) is 68.1 Å². The minimum atomic E-state index is -3.61. The highest BCUT2D eigenvalue weighted by Gasteiger charge is 2.21. The lowest BCUT2D eigenvalue weighted by Gasteiger charge is -2.13. The second-order valence-corrected chi connectivity index (χ2v) is 10.3. The molecule has 1 heterocycles. The van der Waals surface area contributed by atoms with Crippen molar-refractivity contribution in [1.29, 1.82) is 0 Å². The molecule has 0 saturated carbocycles. The predicted molar refractivity (Wildman–Crippen MR) is 124 cm³/mol. The Bertz CT molecular complexity index is 1320. The standard InChI is InChI=1S/C23H21FN4O2S2/c1-27(2)32(29,30)21-10-6-9-18(15-21)22-25-26-23(31-16-17-7-4-3-5-8-17)28(22)20-13-11-19(24)12-14-20/h3-15H,16H2,1-2H3. The van der Waals surface area contributed by atoms with Gasteiger partial charge in [0.05, 0.1) is 4.90 Å². The van der Waals surface area contributed by atoms with Gasteiger partial charge in [0.2, 0.25) is 10.0 Å². The summed E-state index contributed by atoms with van der Waals surface area (Å²) in [6.45, 7) is 0. The lowest BCUT2D eigenvalue weighted by atomic mass is 10.2. The van der Waals surface area contributed by atoms with Gasteiger partial charge in [-0.05, 0) is 42.0 Å². The van der Waals surface area contributed by atoms with Crippen LogP contribution in [0, 0.1) is 5.82 Å². The summed E-state index contributed by atoms with van der Waals surface area (Å²) >= 11 is 1.50. The molecule has 0 aliphatic rings. The van der Waals surface area contributed by atoms with E-state index in [2.05, 4.69) is 10.2 Å². The molecule has 0 N–H and O–H groups in total. The summed E-state index contributed by atoms with van der Waals surface area (Å²) in [5, 5.41) is 9.33. The Kier molecular flexibility index (Phi) is 6.40. The number of thioether (sulfide) groups is 1. The predicted octanol–water partition coefficient (Wildman–Crippen LogP) is 4.62. The number of benzene rings is 3. The Balaban J connectivity index is 1.79. The van der Waals surface area contributed by atoms with Crippen LogP contribution in [0.1, 0.15) is 5.56 Å². The van der Waals surface area contributed by atoms with E-state index in [1.54, 1.807) is 36.4 Å². The molecule has 0 bridgehead atoms. The SMILES string of the molecule is CN(C)S(=O)(=O)c1cccc(-c2nnc(SCc3ccccc3)n2-c2ccc(F)cc2)c1. The van der Waals surface area contributed by atoms with Crippen LogP contribution in [0.25, 0.3) is 17.1 Å². The highest BCUT2D eigenvalue weighted by molar-refractivity contribution is 7.98. The zero-order valence-electron chi connectivity index (χ0n) is 17.5. The van der Waals surface area contributed by atoms with Crippen LogP contribution in [0.3, 0.4) is 0 Å². The molecule has 0 spiro atoms. The van der Waals surface area contributed by atoms with Gasteiger partial charge in [-0.25, -0.2) is 17.1 Å². The monoisotopic (exact) mass is 468 g/mol. The van der Waals surface area contributed by atoms with Crippen molar-refractivity contribution in [1.82, 2.24) is 19.1 Å². The Morgan fingerprint density at radius 2 is 1.66 bits per heavy atom. The number of halogens is 1. The summed E-state index contributed by atoms with van der Waals surface area (Å²) in [6, 6.07) is 22.6. The van der Waals surface area contributed by atoms with Gasteiger partial charge in [-0.1, -0.05) is 54.2 Å². The van der Waals surface area contributed by atoms with Crippen molar-refractivity contribution in [2.75, 3.05) is 14.1 Å². The minimum Gasteiger partial charge on any atom is -0.270 e. The first-order valence-electron chi connectivity index (χ1n) is 9.77. The van der Waals surface area contributed by atoms with Crippen molar-refractivity contribution < 1.29 is 12.8 Å². The molecule has 1 aromatic heterocycles. The minimum absolute atomic E-state index is 0.159. The maximum atomic E-state index is 13.6. The molecule has 0 fully saturated rings. The molecule has 164 valence electrons. The summed E-state index contributed by atoms with van der Waals surface area (Å²) < 4.78 is 41.8. The molecule has 0 amide bonds. The maximum absolute atomic E-state index is 13.6. The number of sulfonamides is 1. The van der Waals surface area contributed by atoms with Crippen molar-refractivity contribution in [2.45, 2.75) is 15.8 Å². The van der Waals surface area contributed by atoms with Gasteiger partial charge in [0.1, 0.15) is 5.82 Å². The summed E-state index contributed by atoms with van der Waals surface area (Å²) in [6.07, 6.45) is 0. The fraction of sp³-hybridized carbons (Fsp3) is 0.130. The molecular formula is C23H21FN4O2S2. The van der Waals surface area contributed by atoms with Gasteiger partial charge in [0, 0.05) is 31.1 Å². The molecule has 0 atom stereocenters. The summed E-state index contributed by atoms with van der Waals surface area (Å²) in [4.78, 5) is 0.159. The van der Waals surface area contributed by atoms with Crippen molar-refractivity contribution in [3.8, 4) is 17.1 Å². The normalized spacial score (nSPS) is 11.8. The molecule has 3 aromatic carbocycles. The van der Waals surface area contributed by atoms with Crippen LogP contribution in [-0.4, -0.2) is 41.6 Å². The first-order valence-corrected chi connectivity index (χ1v) is 12.2. The van der Waals surface area contributed by atoms with E-state index in [4.69, 9.17) is 0 Å². The first kappa shape index (κ1) is 22.2. The third-order valence-electron chi connectivity index (χ3n) is 4.80. The van der Waals surface area contributed by atoms with Crippen molar-refractivity contribution in [2.24, 2.45) is 0 Å². The van der Waals surface area contributed by atoms with E-state index >= 15 is 0 Å². The van der Waals surface area contributed by atoms with Gasteiger partial charge in [0.15, 0.2) is 11.0 Å². The molecule has 0 unspecified atom stereocenters. The molecule has 6 nitrogen and oxygen atoms in total.